The van der Waals surface area contributed by atoms with Crippen LogP contribution in [0.3, 0.4) is 0 Å². The molecule has 104 valence electrons. The van der Waals surface area contributed by atoms with Crippen molar-refractivity contribution in [1.82, 2.24) is 0 Å². The van der Waals surface area contributed by atoms with Crippen molar-refractivity contribution in [1.29, 1.82) is 0 Å². The quantitative estimate of drug-likeness (QED) is 0.654. The van der Waals surface area contributed by atoms with E-state index < -0.39 is 4.92 Å². The number of nitrogens with one attached hydrogen (secondary N) is 1. The van der Waals surface area contributed by atoms with Gasteiger partial charge in [0.05, 0.1) is 30.4 Å². The third-order valence-corrected chi connectivity index (χ3v) is 3.45. The molecule has 1 aliphatic rings. The number of non-ortho nitro benzene ring substituents is 1. The van der Waals surface area contributed by atoms with Gasteiger partial charge in [0.25, 0.3) is 5.69 Å². The summed E-state index contributed by atoms with van der Waals surface area (Å²) in [6.07, 6.45) is 1.03. The second-order valence-electron chi connectivity index (χ2n) is 4.70. The molecule has 6 nitrogen and oxygen atoms in total. The molecule has 1 aromatic rings. The van der Waals surface area contributed by atoms with Crippen LogP contribution in [0.25, 0.3) is 0 Å². The lowest BCUT2D eigenvalue weighted by atomic mass is 10.0. The predicted octanol–water partition coefficient (Wildman–Crippen LogP) is 2.44. The van der Waals surface area contributed by atoms with Crippen molar-refractivity contribution in [2.24, 2.45) is 5.92 Å². The van der Waals surface area contributed by atoms with Crippen LogP contribution in [0.4, 0.5) is 11.4 Å². The van der Waals surface area contributed by atoms with Crippen molar-refractivity contribution in [3.63, 3.8) is 0 Å². The summed E-state index contributed by atoms with van der Waals surface area (Å²) in [5, 5.41) is 14.1. The maximum Gasteiger partial charge on any atom is 0.273 e. The van der Waals surface area contributed by atoms with Crippen LogP contribution in [0.15, 0.2) is 18.2 Å². The van der Waals surface area contributed by atoms with E-state index in [1.54, 1.807) is 6.07 Å². The summed E-state index contributed by atoms with van der Waals surface area (Å²) in [7, 11) is 1.51. The Morgan fingerprint density at radius 3 is 2.95 bits per heavy atom. The minimum absolute atomic E-state index is 0.0271. The second-order valence-corrected chi connectivity index (χ2v) is 4.70. The molecule has 1 saturated heterocycles. The first-order chi connectivity index (χ1) is 9.11. The smallest absolute Gasteiger partial charge is 0.273 e. The Hall–Kier alpha value is -1.82. The Kier molecular flexibility index (Phi) is 4.21. The summed E-state index contributed by atoms with van der Waals surface area (Å²) in [6, 6.07) is 4.82. The zero-order chi connectivity index (χ0) is 13.8. The number of nitrogens with zero attached hydrogens (tertiary/aromatic N) is 1. The van der Waals surface area contributed by atoms with Crippen LogP contribution in [-0.2, 0) is 4.74 Å². The van der Waals surface area contributed by atoms with Crippen LogP contribution >= 0.6 is 0 Å². The third kappa shape index (κ3) is 3.14. The first-order valence-corrected chi connectivity index (χ1v) is 6.28. The maximum absolute atomic E-state index is 10.7. The van der Waals surface area contributed by atoms with E-state index in [2.05, 4.69) is 12.2 Å². The number of benzene rings is 1. The van der Waals surface area contributed by atoms with Gasteiger partial charge in [-0.2, -0.15) is 0 Å². The van der Waals surface area contributed by atoms with Crippen LogP contribution in [0, 0.1) is 16.0 Å². The molecule has 0 radical (unpaired) electrons. The molecule has 0 bridgehead atoms. The minimum atomic E-state index is -0.430. The summed E-state index contributed by atoms with van der Waals surface area (Å²) < 4.78 is 10.6. The molecule has 2 atom stereocenters. The monoisotopic (exact) mass is 266 g/mol. The van der Waals surface area contributed by atoms with E-state index in [9.17, 15) is 10.1 Å². The molecule has 1 fully saturated rings. The SMILES string of the molecule is COc1cc([N+](=O)[O-])ccc1NC(C)C1CCOC1. The number of methoxy groups -OCH3 is 1. The van der Waals surface area contributed by atoms with Crippen LogP contribution < -0.4 is 10.1 Å². The van der Waals surface area contributed by atoms with Crippen LogP contribution in [-0.4, -0.2) is 31.3 Å². The predicted molar refractivity (Wildman–Crippen MR) is 71.7 cm³/mol. The molecule has 1 N–H and O–H groups in total. The van der Waals surface area contributed by atoms with E-state index in [0.29, 0.717) is 11.7 Å². The molecular formula is C13H18N2O4. The number of ether oxygens (including phenoxy) is 2. The molecule has 1 aliphatic heterocycles. The van der Waals surface area contributed by atoms with E-state index in [1.165, 1.54) is 19.2 Å². The van der Waals surface area contributed by atoms with Crippen LogP contribution in [0.2, 0.25) is 0 Å². The van der Waals surface area contributed by atoms with E-state index in [-0.39, 0.29) is 11.7 Å². The van der Waals surface area contributed by atoms with Crippen molar-refractivity contribution >= 4 is 11.4 Å². The van der Waals surface area contributed by atoms with Crippen molar-refractivity contribution in [2.45, 2.75) is 19.4 Å². The highest BCUT2D eigenvalue weighted by Crippen LogP contribution is 2.31. The highest BCUT2D eigenvalue weighted by atomic mass is 16.6. The highest BCUT2D eigenvalue weighted by Gasteiger charge is 2.23. The van der Waals surface area contributed by atoms with Gasteiger partial charge in [0, 0.05) is 24.6 Å². The van der Waals surface area contributed by atoms with Crippen molar-refractivity contribution < 1.29 is 14.4 Å². The first kappa shape index (κ1) is 13.6. The average Bonchev–Trinajstić information content (AvgIpc) is 2.92. The molecule has 1 aromatic carbocycles. The lowest BCUT2D eigenvalue weighted by Gasteiger charge is -2.21. The number of rotatable bonds is 5. The van der Waals surface area contributed by atoms with E-state index in [0.717, 1.165) is 25.3 Å². The molecule has 0 spiro atoms. The van der Waals surface area contributed by atoms with Gasteiger partial charge in [-0.1, -0.05) is 0 Å². The number of nitro groups is 1. The molecule has 0 aliphatic carbocycles. The van der Waals surface area contributed by atoms with Crippen molar-refractivity contribution in [3.8, 4) is 5.75 Å². The molecule has 0 saturated carbocycles. The topological polar surface area (TPSA) is 73.6 Å². The van der Waals surface area contributed by atoms with Crippen LogP contribution in [0.1, 0.15) is 13.3 Å². The zero-order valence-corrected chi connectivity index (χ0v) is 11.1. The Morgan fingerprint density at radius 2 is 2.37 bits per heavy atom. The number of hydrogen-bond acceptors (Lipinski definition) is 5. The van der Waals surface area contributed by atoms with Crippen LogP contribution in [0.5, 0.6) is 5.75 Å². The molecule has 6 heteroatoms. The fourth-order valence-corrected chi connectivity index (χ4v) is 2.22. The average molecular weight is 266 g/mol. The van der Waals surface area contributed by atoms with Gasteiger partial charge in [0.2, 0.25) is 0 Å². The first-order valence-electron chi connectivity index (χ1n) is 6.28. The van der Waals surface area contributed by atoms with Gasteiger partial charge in [-0.25, -0.2) is 0 Å². The molecule has 0 amide bonds. The molecular weight excluding hydrogens is 248 g/mol. The second kappa shape index (κ2) is 5.88. The fraction of sp³-hybridized carbons (Fsp3) is 0.538. The van der Waals surface area contributed by atoms with E-state index >= 15 is 0 Å². The normalized spacial score (nSPS) is 20.0. The van der Waals surface area contributed by atoms with E-state index in [1.807, 2.05) is 0 Å². The van der Waals surface area contributed by atoms with Gasteiger partial charge >= 0.3 is 0 Å². The molecule has 2 rings (SSSR count). The van der Waals surface area contributed by atoms with Crippen molar-refractivity contribution in [3.05, 3.63) is 28.3 Å². The lowest BCUT2D eigenvalue weighted by Crippen LogP contribution is -2.26. The van der Waals surface area contributed by atoms with Crippen molar-refractivity contribution in [2.75, 3.05) is 25.6 Å². The zero-order valence-electron chi connectivity index (χ0n) is 11.1. The summed E-state index contributed by atoms with van der Waals surface area (Å²) in [5.41, 5.74) is 0.798. The van der Waals surface area contributed by atoms with Gasteiger partial charge in [0.1, 0.15) is 5.75 Å². The summed E-state index contributed by atoms with van der Waals surface area (Å²) in [4.78, 5) is 10.3. The molecule has 0 aromatic heterocycles. The van der Waals surface area contributed by atoms with Gasteiger partial charge in [-0.05, 0) is 19.4 Å². The van der Waals surface area contributed by atoms with E-state index in [4.69, 9.17) is 9.47 Å². The largest absolute Gasteiger partial charge is 0.494 e. The Labute approximate surface area is 111 Å². The minimum Gasteiger partial charge on any atom is -0.494 e. The Morgan fingerprint density at radius 1 is 1.58 bits per heavy atom. The number of hydrogen-bond donors (Lipinski definition) is 1. The van der Waals surface area contributed by atoms with Gasteiger partial charge < -0.3 is 14.8 Å². The summed E-state index contributed by atoms with van der Waals surface area (Å²) in [6.45, 7) is 3.64. The third-order valence-electron chi connectivity index (χ3n) is 3.45. The van der Waals surface area contributed by atoms with Gasteiger partial charge in [-0.15, -0.1) is 0 Å². The summed E-state index contributed by atoms with van der Waals surface area (Å²) >= 11 is 0. The van der Waals surface area contributed by atoms with Gasteiger partial charge in [0.15, 0.2) is 0 Å². The van der Waals surface area contributed by atoms with Gasteiger partial charge in [-0.3, -0.25) is 10.1 Å². The molecule has 1 heterocycles. The molecule has 19 heavy (non-hydrogen) atoms. The fourth-order valence-electron chi connectivity index (χ4n) is 2.22. The molecule has 2 unspecified atom stereocenters. The summed E-state index contributed by atoms with van der Waals surface area (Å²) in [5.74, 6) is 0.944. The Balaban J connectivity index is 2.12. The Bertz CT molecular complexity index is 458. The maximum atomic E-state index is 10.7. The number of anilines is 1. The highest BCUT2D eigenvalue weighted by molar-refractivity contribution is 5.61. The lowest BCUT2D eigenvalue weighted by molar-refractivity contribution is -0.384. The number of nitro benzene ring substituents is 1. The standard InChI is InChI=1S/C13H18N2O4/c1-9(10-5-6-19-8-10)14-12-4-3-11(15(16)17)7-13(12)18-2/h3-4,7,9-10,14H,5-6,8H2,1-2H3.